The Hall–Kier alpha value is -3.71. The van der Waals surface area contributed by atoms with Crippen LogP contribution in [-0.2, 0) is 13.5 Å². The molecule has 3 heterocycles. The van der Waals surface area contributed by atoms with Gasteiger partial charge in [0.05, 0.1) is 5.39 Å². The number of benzene rings is 2. The minimum absolute atomic E-state index is 0.0807. The summed E-state index contributed by atoms with van der Waals surface area (Å²) < 4.78 is 15.5. The van der Waals surface area contributed by atoms with Crippen LogP contribution >= 0.6 is 0 Å². The van der Waals surface area contributed by atoms with Gasteiger partial charge in [-0.1, -0.05) is 43.0 Å². The maximum Gasteiger partial charge on any atom is 0.264 e. The van der Waals surface area contributed by atoms with Crippen molar-refractivity contribution in [2.75, 3.05) is 18.0 Å². The fourth-order valence-electron chi connectivity index (χ4n) is 5.94. The quantitative estimate of drug-likeness (QED) is 0.469. The van der Waals surface area contributed by atoms with Crippen LogP contribution in [0.25, 0.3) is 16.6 Å². The Morgan fingerprint density at radius 2 is 1.94 bits per heavy atom. The first-order valence-corrected chi connectivity index (χ1v) is 12.0. The van der Waals surface area contributed by atoms with Gasteiger partial charge in [0.25, 0.3) is 5.56 Å². The average Bonchev–Trinajstić information content (AvgIpc) is 3.42. The minimum atomic E-state index is -0.235. The third kappa shape index (κ3) is 3.33. The second kappa shape index (κ2) is 7.92. The van der Waals surface area contributed by atoms with Crippen molar-refractivity contribution in [2.24, 2.45) is 18.2 Å². The number of rotatable bonds is 3. The van der Waals surface area contributed by atoms with Crippen molar-refractivity contribution in [2.45, 2.75) is 25.3 Å². The topological polar surface area (TPSA) is 79.9 Å². The first-order valence-electron chi connectivity index (χ1n) is 12.0. The molecular formula is C28H28FN5O. The minimum Gasteiger partial charge on any atom is -0.345 e. The van der Waals surface area contributed by atoms with E-state index >= 15 is 0 Å². The predicted octanol–water partition coefficient (Wildman–Crippen LogP) is 4.30. The van der Waals surface area contributed by atoms with Gasteiger partial charge >= 0.3 is 0 Å². The molecule has 6 nitrogen and oxygen atoms in total. The first kappa shape index (κ1) is 21.8. The number of aromatic nitrogens is 3. The Balaban J connectivity index is 1.29. The first-order chi connectivity index (χ1) is 16.9. The molecule has 2 aromatic heterocycles. The molecule has 0 saturated carbocycles. The highest BCUT2D eigenvalue weighted by Crippen LogP contribution is 2.51. The normalized spacial score (nSPS) is 18.8. The highest BCUT2D eigenvalue weighted by atomic mass is 19.1. The van der Waals surface area contributed by atoms with Crippen LogP contribution in [0.4, 0.5) is 10.3 Å². The fraction of sp³-hybridized carbons (Fsp3) is 0.286. The summed E-state index contributed by atoms with van der Waals surface area (Å²) in [5.41, 5.74) is 11.6. The summed E-state index contributed by atoms with van der Waals surface area (Å²) in [4.78, 5) is 23.7. The zero-order valence-electron chi connectivity index (χ0n) is 19.7. The Morgan fingerprint density at radius 3 is 2.69 bits per heavy atom. The molecule has 3 N–H and O–H groups in total. The summed E-state index contributed by atoms with van der Waals surface area (Å²) in [5.74, 6) is 0.410. The number of anilines is 1. The average molecular weight is 470 g/mol. The van der Waals surface area contributed by atoms with E-state index in [0.29, 0.717) is 17.0 Å². The van der Waals surface area contributed by atoms with Crippen LogP contribution in [0.3, 0.4) is 0 Å². The van der Waals surface area contributed by atoms with Gasteiger partial charge in [-0.05, 0) is 59.1 Å². The Labute approximate surface area is 202 Å². The number of hydrogen-bond acceptors (Lipinski definition) is 4. The van der Waals surface area contributed by atoms with E-state index in [-0.39, 0.29) is 22.8 Å². The molecule has 0 bridgehead atoms. The van der Waals surface area contributed by atoms with Gasteiger partial charge in [-0.15, -0.1) is 0 Å². The van der Waals surface area contributed by atoms with Gasteiger partial charge in [-0.2, -0.15) is 4.98 Å². The third-order valence-corrected chi connectivity index (χ3v) is 8.02. The van der Waals surface area contributed by atoms with E-state index in [1.165, 1.54) is 6.07 Å². The van der Waals surface area contributed by atoms with Gasteiger partial charge < -0.3 is 15.6 Å². The van der Waals surface area contributed by atoms with Crippen LogP contribution in [0.1, 0.15) is 41.1 Å². The van der Waals surface area contributed by atoms with Crippen molar-refractivity contribution in [3.63, 3.8) is 0 Å². The van der Waals surface area contributed by atoms with Gasteiger partial charge in [0, 0.05) is 37.9 Å². The van der Waals surface area contributed by atoms with Gasteiger partial charge in [-0.25, -0.2) is 4.39 Å². The van der Waals surface area contributed by atoms with E-state index in [0.717, 1.165) is 60.2 Å². The van der Waals surface area contributed by atoms with Gasteiger partial charge in [0.1, 0.15) is 11.5 Å². The standard InChI is InChI=1S/C28H28FN5O/c1-17(18-6-4-3-5-7-18)22-16-31-25-23(22)26(35)33(2)27(32-25)34-12-10-28(11-13-34)15-19-8-9-20(29)14-21(19)24(28)30/h3-9,14,16,24,31H,1,10-13,15,30H2,2H3/t24-/m1/s1. The largest absolute Gasteiger partial charge is 0.345 e. The molecular weight excluding hydrogens is 441 g/mol. The van der Waals surface area contributed by atoms with Crippen LogP contribution in [0, 0.1) is 11.2 Å². The zero-order chi connectivity index (χ0) is 24.3. The van der Waals surface area contributed by atoms with Crippen LogP contribution < -0.4 is 16.2 Å². The molecule has 7 heteroatoms. The monoisotopic (exact) mass is 469 g/mol. The van der Waals surface area contributed by atoms with Crippen LogP contribution in [0.5, 0.6) is 0 Å². The molecule has 1 aliphatic heterocycles. The molecule has 1 saturated heterocycles. The van der Waals surface area contributed by atoms with Crippen molar-refractivity contribution in [3.8, 4) is 0 Å². The molecule has 1 aliphatic carbocycles. The lowest BCUT2D eigenvalue weighted by Crippen LogP contribution is -2.46. The molecule has 0 unspecified atom stereocenters. The number of piperidine rings is 1. The number of nitrogens with zero attached hydrogens (tertiary/aromatic N) is 3. The van der Waals surface area contributed by atoms with Crippen molar-refractivity contribution in [1.82, 2.24) is 14.5 Å². The second-order valence-corrected chi connectivity index (χ2v) is 9.89. The molecule has 1 fully saturated rings. The lowest BCUT2D eigenvalue weighted by molar-refractivity contribution is 0.186. The molecule has 1 atom stereocenters. The molecule has 4 aromatic rings. The third-order valence-electron chi connectivity index (χ3n) is 8.02. The maximum atomic E-state index is 13.8. The molecule has 2 aromatic carbocycles. The van der Waals surface area contributed by atoms with Crippen LogP contribution in [-0.4, -0.2) is 27.6 Å². The van der Waals surface area contributed by atoms with E-state index in [9.17, 15) is 9.18 Å². The Morgan fingerprint density at radius 1 is 1.20 bits per heavy atom. The number of nitrogens with one attached hydrogen (secondary N) is 1. The SMILES string of the molecule is C=C(c1ccccc1)c1c[nH]c2nc(N3CCC4(CC3)Cc3ccc(F)cc3[C@H]4N)n(C)c(=O)c12. The van der Waals surface area contributed by atoms with E-state index in [1.807, 2.05) is 42.6 Å². The number of nitrogens with two attached hydrogens (primary N) is 1. The number of aromatic amines is 1. The summed E-state index contributed by atoms with van der Waals surface area (Å²) in [6.07, 6.45) is 4.40. The molecule has 0 radical (unpaired) electrons. The number of halogens is 1. The van der Waals surface area contributed by atoms with Gasteiger partial charge in [0.2, 0.25) is 5.95 Å². The Bertz CT molecular complexity index is 1510. The molecule has 6 rings (SSSR count). The fourth-order valence-corrected chi connectivity index (χ4v) is 5.94. The van der Waals surface area contributed by atoms with E-state index in [4.69, 9.17) is 10.7 Å². The highest BCUT2D eigenvalue weighted by molar-refractivity contribution is 5.94. The molecule has 2 aliphatic rings. The lowest BCUT2D eigenvalue weighted by Gasteiger charge is -2.42. The van der Waals surface area contributed by atoms with Crippen LogP contribution in [0.15, 0.2) is 66.1 Å². The van der Waals surface area contributed by atoms with Gasteiger partial charge in [0.15, 0.2) is 0 Å². The summed E-state index contributed by atoms with van der Waals surface area (Å²) in [6.45, 7) is 5.70. The molecule has 178 valence electrons. The van der Waals surface area contributed by atoms with Crippen molar-refractivity contribution in [1.29, 1.82) is 0 Å². The molecule has 35 heavy (non-hydrogen) atoms. The summed E-state index contributed by atoms with van der Waals surface area (Å²) in [5, 5.41) is 0.550. The predicted molar refractivity (Wildman–Crippen MR) is 137 cm³/mol. The summed E-state index contributed by atoms with van der Waals surface area (Å²) >= 11 is 0. The number of fused-ring (bicyclic) bond motifs is 2. The number of hydrogen-bond donors (Lipinski definition) is 2. The summed E-state index contributed by atoms with van der Waals surface area (Å²) in [6, 6.07) is 14.6. The summed E-state index contributed by atoms with van der Waals surface area (Å²) in [7, 11) is 1.77. The van der Waals surface area contributed by atoms with Crippen molar-refractivity contribution in [3.05, 3.63) is 99.7 Å². The molecule has 0 amide bonds. The zero-order valence-corrected chi connectivity index (χ0v) is 19.7. The smallest absolute Gasteiger partial charge is 0.264 e. The van der Waals surface area contributed by atoms with Crippen molar-refractivity contribution < 1.29 is 4.39 Å². The molecule has 1 spiro atoms. The van der Waals surface area contributed by atoms with Gasteiger partial charge in [-0.3, -0.25) is 9.36 Å². The second-order valence-electron chi connectivity index (χ2n) is 9.89. The van der Waals surface area contributed by atoms with E-state index < -0.39 is 0 Å². The highest BCUT2D eigenvalue weighted by Gasteiger charge is 2.46. The lowest BCUT2D eigenvalue weighted by atomic mass is 9.73. The van der Waals surface area contributed by atoms with Crippen LogP contribution in [0.2, 0.25) is 0 Å². The van der Waals surface area contributed by atoms with Crippen molar-refractivity contribution >= 4 is 22.6 Å². The number of H-pyrrole nitrogens is 1. The van der Waals surface area contributed by atoms with E-state index in [1.54, 1.807) is 17.7 Å². The van der Waals surface area contributed by atoms with E-state index in [2.05, 4.69) is 16.5 Å². The Kier molecular flexibility index (Phi) is 4.93. The maximum absolute atomic E-state index is 13.8.